The van der Waals surface area contributed by atoms with Gasteiger partial charge in [-0.15, -0.1) is 0 Å². The van der Waals surface area contributed by atoms with Crippen molar-refractivity contribution in [2.75, 3.05) is 6.61 Å². The van der Waals surface area contributed by atoms with E-state index in [0.29, 0.717) is 11.3 Å². The molecular formula is C14H11N3O2S. The van der Waals surface area contributed by atoms with Gasteiger partial charge < -0.3 is 4.74 Å². The predicted molar refractivity (Wildman–Crippen MR) is 76.7 cm³/mol. The Morgan fingerprint density at radius 2 is 2.20 bits per heavy atom. The van der Waals surface area contributed by atoms with Crippen molar-refractivity contribution in [2.45, 2.75) is 0 Å². The van der Waals surface area contributed by atoms with Crippen LogP contribution in [0.1, 0.15) is 11.1 Å². The quantitative estimate of drug-likeness (QED) is 0.675. The number of amides is 1. The third kappa shape index (κ3) is 4.23. The van der Waals surface area contributed by atoms with E-state index in [4.69, 9.17) is 10.00 Å². The van der Waals surface area contributed by atoms with Crippen LogP contribution < -0.4 is 10.2 Å². The normalized spacial score (nSPS) is 10.2. The van der Waals surface area contributed by atoms with Crippen LogP contribution in [0.2, 0.25) is 0 Å². The third-order valence-corrected chi connectivity index (χ3v) is 3.00. The van der Waals surface area contributed by atoms with Gasteiger partial charge in [0.25, 0.3) is 5.91 Å². The molecule has 0 unspecified atom stereocenters. The Hall–Kier alpha value is -2.65. The molecule has 0 fully saturated rings. The van der Waals surface area contributed by atoms with Crippen LogP contribution in [0.4, 0.5) is 0 Å². The van der Waals surface area contributed by atoms with E-state index in [0.717, 1.165) is 5.56 Å². The van der Waals surface area contributed by atoms with Gasteiger partial charge in [-0.2, -0.15) is 21.7 Å². The number of hydrogen-bond donors (Lipinski definition) is 1. The van der Waals surface area contributed by atoms with Gasteiger partial charge in [0.2, 0.25) is 0 Å². The number of carbonyl (C=O) groups excluding carboxylic acids is 1. The van der Waals surface area contributed by atoms with Crippen molar-refractivity contribution in [3.63, 3.8) is 0 Å². The molecule has 0 radical (unpaired) electrons. The minimum atomic E-state index is -0.346. The first kappa shape index (κ1) is 13.8. The maximum absolute atomic E-state index is 11.5. The van der Waals surface area contributed by atoms with Crippen LogP contribution in [0, 0.1) is 11.3 Å². The summed E-state index contributed by atoms with van der Waals surface area (Å²) in [7, 11) is 0. The van der Waals surface area contributed by atoms with E-state index in [1.165, 1.54) is 0 Å². The molecule has 20 heavy (non-hydrogen) atoms. The Bertz CT molecular complexity index is 627. The Morgan fingerprint density at radius 1 is 1.40 bits per heavy atom. The average Bonchev–Trinajstić information content (AvgIpc) is 2.99. The van der Waals surface area contributed by atoms with Crippen molar-refractivity contribution in [2.24, 2.45) is 5.10 Å². The van der Waals surface area contributed by atoms with Gasteiger partial charge in [-0.25, -0.2) is 5.43 Å². The van der Waals surface area contributed by atoms with Crippen molar-refractivity contribution < 1.29 is 9.53 Å². The zero-order valence-corrected chi connectivity index (χ0v) is 11.3. The topological polar surface area (TPSA) is 74.5 Å². The summed E-state index contributed by atoms with van der Waals surface area (Å²) in [6, 6.07) is 10.4. The molecular weight excluding hydrogens is 274 g/mol. The largest absolute Gasteiger partial charge is 0.484 e. The Kier molecular flexibility index (Phi) is 4.87. The van der Waals surface area contributed by atoms with E-state index in [1.54, 1.807) is 41.8 Å². The Morgan fingerprint density at radius 3 is 2.85 bits per heavy atom. The van der Waals surface area contributed by atoms with Gasteiger partial charge in [-0.1, -0.05) is 0 Å². The predicted octanol–water partition coefficient (Wildman–Crippen LogP) is 2.15. The van der Waals surface area contributed by atoms with Crippen LogP contribution in [0.25, 0.3) is 0 Å². The molecule has 1 amide bonds. The van der Waals surface area contributed by atoms with Gasteiger partial charge >= 0.3 is 0 Å². The summed E-state index contributed by atoms with van der Waals surface area (Å²) >= 11 is 1.56. The number of nitrogens with one attached hydrogen (secondary N) is 1. The molecule has 0 spiro atoms. The Labute approximate surface area is 120 Å². The van der Waals surface area contributed by atoms with Crippen molar-refractivity contribution >= 4 is 23.5 Å². The molecule has 0 atom stereocenters. The summed E-state index contributed by atoms with van der Waals surface area (Å²) < 4.78 is 5.26. The van der Waals surface area contributed by atoms with Crippen LogP contribution in [0.15, 0.2) is 46.2 Å². The molecule has 100 valence electrons. The molecule has 1 heterocycles. The fourth-order valence-corrected chi connectivity index (χ4v) is 1.94. The lowest BCUT2D eigenvalue weighted by molar-refractivity contribution is -0.123. The SMILES string of the molecule is N#Cc1ccc(OCC(=O)N/N=C/c2ccsc2)cc1. The van der Waals surface area contributed by atoms with Crippen LogP contribution in [-0.4, -0.2) is 18.7 Å². The fourth-order valence-electron chi connectivity index (χ4n) is 1.33. The summed E-state index contributed by atoms with van der Waals surface area (Å²) in [6.07, 6.45) is 1.57. The van der Waals surface area contributed by atoms with Crippen molar-refractivity contribution in [1.29, 1.82) is 5.26 Å². The lowest BCUT2D eigenvalue weighted by Gasteiger charge is -2.04. The lowest BCUT2D eigenvalue weighted by Crippen LogP contribution is -2.24. The summed E-state index contributed by atoms with van der Waals surface area (Å²) in [5.41, 5.74) is 3.85. The van der Waals surface area contributed by atoms with E-state index in [9.17, 15) is 4.79 Å². The number of nitriles is 1. The molecule has 6 heteroatoms. The summed E-state index contributed by atoms with van der Waals surface area (Å²) in [4.78, 5) is 11.5. The number of ether oxygens (including phenoxy) is 1. The third-order valence-electron chi connectivity index (χ3n) is 2.30. The van der Waals surface area contributed by atoms with Crippen LogP contribution >= 0.6 is 11.3 Å². The number of benzene rings is 1. The van der Waals surface area contributed by atoms with Gasteiger partial charge in [0, 0.05) is 5.56 Å². The van der Waals surface area contributed by atoms with Gasteiger partial charge in [0.05, 0.1) is 17.8 Å². The highest BCUT2D eigenvalue weighted by molar-refractivity contribution is 7.08. The van der Waals surface area contributed by atoms with E-state index >= 15 is 0 Å². The highest BCUT2D eigenvalue weighted by atomic mass is 32.1. The van der Waals surface area contributed by atoms with Gasteiger partial charge in [-0.3, -0.25) is 4.79 Å². The molecule has 2 rings (SSSR count). The molecule has 0 aliphatic carbocycles. The second-order valence-electron chi connectivity index (χ2n) is 3.77. The molecule has 1 N–H and O–H groups in total. The van der Waals surface area contributed by atoms with Gasteiger partial charge in [0.1, 0.15) is 5.75 Å². The second kappa shape index (κ2) is 7.07. The minimum absolute atomic E-state index is 0.132. The first-order valence-corrected chi connectivity index (χ1v) is 6.69. The smallest absolute Gasteiger partial charge is 0.277 e. The molecule has 1 aromatic carbocycles. The number of carbonyl (C=O) groups is 1. The minimum Gasteiger partial charge on any atom is -0.484 e. The molecule has 0 saturated carbocycles. The van der Waals surface area contributed by atoms with E-state index in [2.05, 4.69) is 10.5 Å². The van der Waals surface area contributed by atoms with E-state index < -0.39 is 0 Å². The second-order valence-corrected chi connectivity index (χ2v) is 4.55. The monoisotopic (exact) mass is 285 g/mol. The highest BCUT2D eigenvalue weighted by Gasteiger charge is 2.01. The molecule has 0 aliphatic rings. The lowest BCUT2D eigenvalue weighted by atomic mass is 10.2. The zero-order chi connectivity index (χ0) is 14.2. The van der Waals surface area contributed by atoms with Gasteiger partial charge in [-0.05, 0) is 41.1 Å². The molecule has 0 bridgehead atoms. The average molecular weight is 285 g/mol. The summed E-state index contributed by atoms with van der Waals surface area (Å²) in [5.74, 6) is 0.182. The summed E-state index contributed by atoms with van der Waals surface area (Å²) in [6.45, 7) is -0.132. The van der Waals surface area contributed by atoms with Crippen LogP contribution in [0.5, 0.6) is 5.75 Å². The maximum Gasteiger partial charge on any atom is 0.277 e. The molecule has 0 saturated heterocycles. The van der Waals surface area contributed by atoms with Crippen molar-refractivity contribution in [3.8, 4) is 11.8 Å². The van der Waals surface area contributed by atoms with Crippen molar-refractivity contribution in [1.82, 2.24) is 5.43 Å². The van der Waals surface area contributed by atoms with E-state index in [-0.39, 0.29) is 12.5 Å². The summed E-state index contributed by atoms with van der Waals surface area (Å²) in [5, 5.41) is 16.3. The first-order chi connectivity index (χ1) is 9.78. The molecule has 2 aromatic rings. The molecule has 0 aliphatic heterocycles. The highest BCUT2D eigenvalue weighted by Crippen LogP contribution is 2.11. The van der Waals surface area contributed by atoms with Crippen molar-refractivity contribution in [3.05, 3.63) is 52.2 Å². The van der Waals surface area contributed by atoms with Gasteiger partial charge in [0.15, 0.2) is 6.61 Å². The number of hydrazone groups is 1. The molecule has 5 nitrogen and oxygen atoms in total. The number of rotatable bonds is 5. The Balaban J connectivity index is 1.76. The maximum atomic E-state index is 11.5. The van der Waals surface area contributed by atoms with E-state index in [1.807, 2.05) is 22.9 Å². The number of nitrogens with zero attached hydrogens (tertiary/aromatic N) is 2. The zero-order valence-electron chi connectivity index (χ0n) is 10.4. The van der Waals surface area contributed by atoms with Crippen LogP contribution in [-0.2, 0) is 4.79 Å². The first-order valence-electron chi connectivity index (χ1n) is 5.75. The number of thiophene rings is 1. The fraction of sp³-hybridized carbons (Fsp3) is 0.0714. The van der Waals surface area contributed by atoms with Crippen LogP contribution in [0.3, 0.4) is 0 Å². The standard InChI is InChI=1S/C14H11N3O2S/c15-7-11-1-3-13(4-2-11)19-9-14(18)17-16-8-12-5-6-20-10-12/h1-6,8,10H,9H2,(H,17,18)/b16-8+. The number of hydrogen-bond acceptors (Lipinski definition) is 5. The molecule has 1 aromatic heterocycles.